The van der Waals surface area contributed by atoms with Gasteiger partial charge >= 0.3 is 0 Å². The summed E-state index contributed by atoms with van der Waals surface area (Å²) in [6, 6.07) is 6.72. The smallest absolute Gasteiger partial charge is 0.0436 e. The number of hydrogen-bond acceptors (Lipinski definition) is 2. The third-order valence-electron chi connectivity index (χ3n) is 3.74. The number of benzene rings is 1. The summed E-state index contributed by atoms with van der Waals surface area (Å²) >= 11 is 0. The van der Waals surface area contributed by atoms with Crippen LogP contribution >= 0.6 is 0 Å². The van der Waals surface area contributed by atoms with E-state index < -0.39 is 10.8 Å². The Labute approximate surface area is 120 Å². The molecule has 0 fully saturated rings. The first kappa shape index (κ1) is 16.4. The molecule has 3 heteroatoms. The van der Waals surface area contributed by atoms with Crippen LogP contribution in [0.2, 0.25) is 0 Å². The Morgan fingerprint density at radius 2 is 1.89 bits per heavy atom. The van der Waals surface area contributed by atoms with Gasteiger partial charge in [-0.15, -0.1) is 0 Å². The molecule has 0 spiro atoms. The average molecular weight is 281 g/mol. The van der Waals surface area contributed by atoms with Crippen molar-refractivity contribution in [1.29, 1.82) is 0 Å². The lowest BCUT2D eigenvalue weighted by atomic mass is 10.0. The van der Waals surface area contributed by atoms with Gasteiger partial charge in [0.15, 0.2) is 0 Å². The lowest BCUT2D eigenvalue weighted by molar-refractivity contribution is 0.590. The van der Waals surface area contributed by atoms with Crippen molar-refractivity contribution in [3.05, 3.63) is 34.9 Å². The van der Waals surface area contributed by atoms with Gasteiger partial charge < -0.3 is 5.32 Å². The molecule has 1 aromatic carbocycles. The van der Waals surface area contributed by atoms with Gasteiger partial charge in [0, 0.05) is 27.8 Å². The summed E-state index contributed by atoms with van der Waals surface area (Å²) in [7, 11) is -0.771. The molecule has 0 aliphatic rings. The molecule has 0 bridgehead atoms. The largest absolute Gasteiger partial charge is 0.309 e. The molecule has 0 heterocycles. The second-order valence-electron chi connectivity index (χ2n) is 5.22. The predicted molar refractivity (Wildman–Crippen MR) is 85.1 cm³/mol. The maximum absolute atomic E-state index is 12.3. The summed E-state index contributed by atoms with van der Waals surface area (Å²) < 4.78 is 12.3. The first-order chi connectivity index (χ1) is 8.99. The van der Waals surface area contributed by atoms with E-state index in [0.29, 0.717) is 5.75 Å². The highest BCUT2D eigenvalue weighted by molar-refractivity contribution is 7.85. The third-order valence-corrected chi connectivity index (χ3v) is 5.63. The second-order valence-corrected chi connectivity index (χ2v) is 7.12. The van der Waals surface area contributed by atoms with Gasteiger partial charge in [-0.05, 0) is 43.5 Å². The first-order valence-corrected chi connectivity index (χ1v) is 8.55. The Bertz CT molecular complexity index is 431. The van der Waals surface area contributed by atoms with Crippen LogP contribution in [-0.2, 0) is 10.8 Å². The SMILES string of the molecule is CCNC(CS(=O)C(C)CC)c1ccc(C)c(C)c1. The molecule has 1 aromatic rings. The molecule has 108 valence electrons. The molecule has 3 atom stereocenters. The van der Waals surface area contributed by atoms with Gasteiger partial charge in [0.1, 0.15) is 0 Å². The van der Waals surface area contributed by atoms with E-state index in [9.17, 15) is 4.21 Å². The monoisotopic (exact) mass is 281 g/mol. The lowest BCUT2D eigenvalue weighted by Gasteiger charge is -2.21. The molecular weight excluding hydrogens is 254 g/mol. The van der Waals surface area contributed by atoms with E-state index in [1.807, 2.05) is 0 Å². The zero-order valence-corrected chi connectivity index (χ0v) is 13.6. The van der Waals surface area contributed by atoms with Crippen LogP contribution in [0.1, 0.15) is 49.9 Å². The molecule has 0 amide bonds. The highest BCUT2D eigenvalue weighted by Crippen LogP contribution is 2.19. The van der Waals surface area contributed by atoms with E-state index >= 15 is 0 Å². The van der Waals surface area contributed by atoms with Crippen LogP contribution in [0.5, 0.6) is 0 Å². The third kappa shape index (κ3) is 4.73. The van der Waals surface area contributed by atoms with Crippen molar-refractivity contribution in [3.8, 4) is 0 Å². The average Bonchev–Trinajstić information content (AvgIpc) is 2.40. The summed E-state index contributed by atoms with van der Waals surface area (Å²) in [6.07, 6.45) is 0.971. The Morgan fingerprint density at radius 1 is 1.21 bits per heavy atom. The van der Waals surface area contributed by atoms with E-state index in [1.54, 1.807) is 0 Å². The van der Waals surface area contributed by atoms with Gasteiger partial charge in [-0.3, -0.25) is 4.21 Å². The second kappa shape index (κ2) is 7.81. The van der Waals surface area contributed by atoms with Gasteiger partial charge in [-0.2, -0.15) is 0 Å². The summed E-state index contributed by atoms with van der Waals surface area (Å²) in [5.41, 5.74) is 3.86. The minimum atomic E-state index is -0.771. The van der Waals surface area contributed by atoms with E-state index in [-0.39, 0.29) is 11.3 Å². The molecule has 0 saturated carbocycles. The van der Waals surface area contributed by atoms with Crippen molar-refractivity contribution in [1.82, 2.24) is 5.32 Å². The normalized spacial score (nSPS) is 16.1. The van der Waals surface area contributed by atoms with Crippen molar-refractivity contribution in [2.24, 2.45) is 0 Å². The van der Waals surface area contributed by atoms with Crippen LogP contribution in [0.15, 0.2) is 18.2 Å². The highest BCUT2D eigenvalue weighted by Gasteiger charge is 2.17. The summed E-state index contributed by atoms with van der Waals surface area (Å²) in [5, 5.41) is 3.73. The van der Waals surface area contributed by atoms with Crippen molar-refractivity contribution in [2.45, 2.75) is 52.3 Å². The van der Waals surface area contributed by atoms with Crippen molar-refractivity contribution < 1.29 is 4.21 Å². The minimum absolute atomic E-state index is 0.194. The molecule has 0 saturated heterocycles. The van der Waals surface area contributed by atoms with Crippen LogP contribution in [-0.4, -0.2) is 21.8 Å². The molecule has 0 radical (unpaired) electrons. The first-order valence-electron chi connectivity index (χ1n) is 7.17. The quantitative estimate of drug-likeness (QED) is 0.829. The van der Waals surface area contributed by atoms with Crippen LogP contribution in [0, 0.1) is 13.8 Å². The van der Waals surface area contributed by atoms with Crippen molar-refractivity contribution in [3.63, 3.8) is 0 Å². The highest BCUT2D eigenvalue weighted by atomic mass is 32.2. The van der Waals surface area contributed by atoms with Gasteiger partial charge in [0.2, 0.25) is 0 Å². The summed E-state index contributed by atoms with van der Waals surface area (Å²) in [5.74, 6) is 0.700. The minimum Gasteiger partial charge on any atom is -0.309 e. The van der Waals surface area contributed by atoms with Crippen LogP contribution in [0.3, 0.4) is 0 Å². The fourth-order valence-corrected chi connectivity index (χ4v) is 3.35. The van der Waals surface area contributed by atoms with E-state index in [0.717, 1.165) is 13.0 Å². The van der Waals surface area contributed by atoms with Gasteiger partial charge in [-0.1, -0.05) is 39.0 Å². The molecule has 1 N–H and O–H groups in total. The Balaban J connectivity index is 2.87. The zero-order valence-electron chi connectivity index (χ0n) is 12.8. The van der Waals surface area contributed by atoms with Gasteiger partial charge in [0.25, 0.3) is 0 Å². The predicted octanol–water partition coefficient (Wildman–Crippen LogP) is 3.50. The fraction of sp³-hybridized carbons (Fsp3) is 0.625. The van der Waals surface area contributed by atoms with E-state index in [1.165, 1.54) is 16.7 Å². The van der Waals surface area contributed by atoms with E-state index in [2.05, 4.69) is 58.1 Å². The topological polar surface area (TPSA) is 29.1 Å². The van der Waals surface area contributed by atoms with Crippen LogP contribution in [0.4, 0.5) is 0 Å². The molecule has 19 heavy (non-hydrogen) atoms. The maximum atomic E-state index is 12.3. The molecule has 1 rings (SSSR count). The van der Waals surface area contributed by atoms with Crippen LogP contribution < -0.4 is 5.32 Å². The number of rotatable bonds is 7. The standard InChI is InChI=1S/C16H27NOS/c1-6-14(5)19(18)11-16(17-7-2)15-9-8-12(3)13(4)10-15/h8-10,14,16-17H,6-7,11H2,1-5H3. The van der Waals surface area contributed by atoms with Gasteiger partial charge in [-0.25, -0.2) is 0 Å². The van der Waals surface area contributed by atoms with Crippen molar-refractivity contribution in [2.75, 3.05) is 12.3 Å². The molecule has 0 aliphatic heterocycles. The fourth-order valence-electron chi connectivity index (χ4n) is 2.02. The Morgan fingerprint density at radius 3 is 2.42 bits per heavy atom. The lowest BCUT2D eigenvalue weighted by Crippen LogP contribution is -2.28. The summed E-state index contributed by atoms with van der Waals surface area (Å²) in [6.45, 7) is 11.4. The Kier molecular flexibility index (Phi) is 6.73. The van der Waals surface area contributed by atoms with Gasteiger partial charge in [0.05, 0.1) is 0 Å². The molecule has 0 aliphatic carbocycles. The van der Waals surface area contributed by atoms with Crippen molar-refractivity contribution >= 4 is 10.8 Å². The Hall–Kier alpha value is -0.670. The molecule has 3 unspecified atom stereocenters. The number of hydrogen-bond donors (Lipinski definition) is 1. The zero-order chi connectivity index (χ0) is 14.4. The number of aryl methyl sites for hydroxylation is 2. The number of nitrogens with one attached hydrogen (secondary N) is 1. The molecule has 2 nitrogen and oxygen atoms in total. The maximum Gasteiger partial charge on any atom is 0.0436 e. The molecule has 0 aromatic heterocycles. The molecular formula is C16H27NOS. The summed E-state index contributed by atoms with van der Waals surface area (Å²) in [4.78, 5) is 0. The van der Waals surface area contributed by atoms with Crippen LogP contribution in [0.25, 0.3) is 0 Å². The van der Waals surface area contributed by atoms with E-state index in [4.69, 9.17) is 0 Å².